The minimum Gasteiger partial charge on any atom is -0.494 e. The van der Waals surface area contributed by atoms with E-state index in [4.69, 9.17) is 9.47 Å². The fraction of sp³-hybridized carbons (Fsp3) is 0.444. The SMILES string of the molecule is CCOc1cccc(-c2cc(C(=O)O)nn2COCC[Si](C)(C)C)c1. The molecule has 0 spiro atoms. The summed E-state index contributed by atoms with van der Waals surface area (Å²) in [5, 5.41) is 13.4. The molecule has 2 rings (SSSR count). The van der Waals surface area contributed by atoms with Gasteiger partial charge in [-0.2, -0.15) is 5.10 Å². The molecule has 0 aliphatic heterocycles. The van der Waals surface area contributed by atoms with Crippen molar-refractivity contribution in [3.8, 4) is 17.0 Å². The number of rotatable bonds is 9. The maximum atomic E-state index is 11.3. The Kier molecular flexibility index (Phi) is 6.38. The fourth-order valence-corrected chi connectivity index (χ4v) is 3.05. The molecule has 0 aliphatic rings. The second-order valence-corrected chi connectivity index (χ2v) is 12.6. The van der Waals surface area contributed by atoms with Crippen LogP contribution in [0.2, 0.25) is 25.7 Å². The smallest absolute Gasteiger partial charge is 0.356 e. The molecule has 1 N–H and O–H groups in total. The largest absolute Gasteiger partial charge is 0.494 e. The van der Waals surface area contributed by atoms with Crippen LogP contribution in [0.4, 0.5) is 0 Å². The fourth-order valence-electron chi connectivity index (χ4n) is 2.29. The molecule has 0 fully saturated rings. The second-order valence-electron chi connectivity index (χ2n) is 7.03. The molecule has 0 amide bonds. The van der Waals surface area contributed by atoms with E-state index >= 15 is 0 Å². The van der Waals surface area contributed by atoms with Gasteiger partial charge in [0.25, 0.3) is 0 Å². The van der Waals surface area contributed by atoms with Crippen molar-refractivity contribution in [1.82, 2.24) is 9.78 Å². The van der Waals surface area contributed by atoms with E-state index in [-0.39, 0.29) is 12.4 Å². The molecular formula is C18H26N2O4Si. The third kappa shape index (κ3) is 5.72. The predicted octanol–water partition coefficient (Wildman–Crippen LogP) is 3.96. The number of ether oxygens (including phenoxy) is 2. The van der Waals surface area contributed by atoms with Gasteiger partial charge in [-0.05, 0) is 31.2 Å². The zero-order chi connectivity index (χ0) is 18.4. The van der Waals surface area contributed by atoms with E-state index in [9.17, 15) is 9.90 Å². The zero-order valence-corrected chi connectivity index (χ0v) is 16.3. The number of aromatic nitrogens is 2. The minimum absolute atomic E-state index is 0.00519. The van der Waals surface area contributed by atoms with E-state index in [0.717, 1.165) is 17.4 Å². The van der Waals surface area contributed by atoms with Gasteiger partial charge in [0.05, 0.1) is 12.3 Å². The van der Waals surface area contributed by atoms with Crippen LogP contribution in [-0.2, 0) is 11.5 Å². The van der Waals surface area contributed by atoms with Crippen molar-refractivity contribution < 1.29 is 19.4 Å². The van der Waals surface area contributed by atoms with Gasteiger partial charge in [-0.3, -0.25) is 0 Å². The summed E-state index contributed by atoms with van der Waals surface area (Å²) in [7, 11) is -1.17. The topological polar surface area (TPSA) is 73.6 Å². The van der Waals surface area contributed by atoms with Crippen molar-refractivity contribution in [3.63, 3.8) is 0 Å². The van der Waals surface area contributed by atoms with Crippen LogP contribution in [0.3, 0.4) is 0 Å². The van der Waals surface area contributed by atoms with Gasteiger partial charge < -0.3 is 14.6 Å². The first-order valence-electron chi connectivity index (χ1n) is 8.42. The van der Waals surface area contributed by atoms with Crippen LogP contribution in [-0.4, -0.2) is 42.1 Å². The Labute approximate surface area is 149 Å². The molecule has 0 radical (unpaired) electrons. The van der Waals surface area contributed by atoms with E-state index < -0.39 is 14.0 Å². The molecule has 25 heavy (non-hydrogen) atoms. The molecule has 1 aromatic carbocycles. The molecule has 0 saturated heterocycles. The monoisotopic (exact) mass is 362 g/mol. The molecular weight excluding hydrogens is 336 g/mol. The lowest BCUT2D eigenvalue weighted by Gasteiger charge is -2.16. The summed E-state index contributed by atoms with van der Waals surface area (Å²) in [6, 6.07) is 10.2. The Morgan fingerprint density at radius 3 is 2.68 bits per heavy atom. The molecule has 2 aromatic rings. The Bertz CT molecular complexity index is 722. The van der Waals surface area contributed by atoms with Gasteiger partial charge >= 0.3 is 5.97 Å². The highest BCUT2D eigenvalue weighted by molar-refractivity contribution is 6.76. The predicted molar refractivity (Wildman–Crippen MR) is 99.9 cm³/mol. The Morgan fingerprint density at radius 1 is 1.28 bits per heavy atom. The average molecular weight is 363 g/mol. The van der Waals surface area contributed by atoms with Crippen molar-refractivity contribution in [2.75, 3.05) is 13.2 Å². The Balaban J connectivity index is 2.21. The van der Waals surface area contributed by atoms with Gasteiger partial charge in [0, 0.05) is 20.2 Å². The molecule has 0 aliphatic carbocycles. The lowest BCUT2D eigenvalue weighted by molar-refractivity contribution is 0.0673. The van der Waals surface area contributed by atoms with E-state index in [2.05, 4.69) is 24.7 Å². The van der Waals surface area contributed by atoms with E-state index in [1.165, 1.54) is 0 Å². The summed E-state index contributed by atoms with van der Waals surface area (Å²) < 4.78 is 12.9. The molecule has 1 heterocycles. The second kappa shape index (κ2) is 8.31. The minimum atomic E-state index is -1.17. The number of carboxylic acid groups (broad SMARTS) is 1. The highest BCUT2D eigenvalue weighted by atomic mass is 28.3. The molecule has 6 nitrogen and oxygen atoms in total. The lowest BCUT2D eigenvalue weighted by atomic mass is 10.1. The average Bonchev–Trinajstić information content (AvgIpc) is 2.96. The van der Waals surface area contributed by atoms with Gasteiger partial charge in [0.1, 0.15) is 12.5 Å². The number of aromatic carboxylic acids is 1. The van der Waals surface area contributed by atoms with Crippen LogP contribution in [0.25, 0.3) is 11.3 Å². The normalized spacial score (nSPS) is 11.5. The zero-order valence-electron chi connectivity index (χ0n) is 15.3. The van der Waals surface area contributed by atoms with E-state index in [1.54, 1.807) is 10.7 Å². The van der Waals surface area contributed by atoms with E-state index in [1.807, 2.05) is 31.2 Å². The first-order valence-corrected chi connectivity index (χ1v) is 12.1. The summed E-state index contributed by atoms with van der Waals surface area (Å²) in [5.41, 5.74) is 1.55. The molecule has 0 unspecified atom stereocenters. The van der Waals surface area contributed by atoms with Crippen molar-refractivity contribution >= 4 is 14.0 Å². The van der Waals surface area contributed by atoms with Gasteiger partial charge in [0.2, 0.25) is 0 Å². The third-order valence-electron chi connectivity index (χ3n) is 3.65. The van der Waals surface area contributed by atoms with Crippen LogP contribution in [0.1, 0.15) is 17.4 Å². The molecule has 1 aromatic heterocycles. The maximum Gasteiger partial charge on any atom is 0.356 e. The molecule has 0 bridgehead atoms. The maximum absolute atomic E-state index is 11.3. The van der Waals surface area contributed by atoms with Crippen molar-refractivity contribution in [3.05, 3.63) is 36.0 Å². The Morgan fingerprint density at radius 2 is 2.04 bits per heavy atom. The van der Waals surface area contributed by atoms with Crippen LogP contribution >= 0.6 is 0 Å². The van der Waals surface area contributed by atoms with E-state index in [0.29, 0.717) is 18.9 Å². The first-order chi connectivity index (χ1) is 11.8. The van der Waals surface area contributed by atoms with Gasteiger partial charge in [0.15, 0.2) is 5.69 Å². The van der Waals surface area contributed by atoms with Gasteiger partial charge in [-0.1, -0.05) is 31.8 Å². The van der Waals surface area contributed by atoms with Crippen molar-refractivity contribution in [2.24, 2.45) is 0 Å². The van der Waals surface area contributed by atoms with Crippen LogP contribution < -0.4 is 4.74 Å². The Hall–Kier alpha value is -2.12. The first kappa shape index (κ1) is 19.2. The third-order valence-corrected chi connectivity index (χ3v) is 5.35. The summed E-state index contributed by atoms with van der Waals surface area (Å²) in [5.74, 6) is -0.313. The number of carbonyl (C=O) groups is 1. The van der Waals surface area contributed by atoms with Gasteiger partial charge in [-0.15, -0.1) is 0 Å². The number of hydrogen-bond donors (Lipinski definition) is 1. The number of hydrogen-bond acceptors (Lipinski definition) is 4. The van der Waals surface area contributed by atoms with Crippen molar-refractivity contribution in [1.29, 1.82) is 0 Å². The number of carboxylic acids is 1. The summed E-state index contributed by atoms with van der Waals surface area (Å²) in [6.07, 6.45) is 0. The van der Waals surface area contributed by atoms with Crippen LogP contribution in [0.5, 0.6) is 5.75 Å². The molecule has 136 valence electrons. The quantitative estimate of drug-likeness (QED) is 0.540. The molecule has 0 saturated carbocycles. The molecule has 7 heteroatoms. The molecule has 0 atom stereocenters. The van der Waals surface area contributed by atoms with Gasteiger partial charge in [-0.25, -0.2) is 9.48 Å². The summed E-state index contributed by atoms with van der Waals surface area (Å²) in [6.45, 7) is 10.2. The van der Waals surface area contributed by atoms with Crippen LogP contribution in [0, 0.1) is 0 Å². The lowest BCUT2D eigenvalue weighted by Crippen LogP contribution is -2.22. The van der Waals surface area contributed by atoms with Crippen LogP contribution in [0.15, 0.2) is 30.3 Å². The van der Waals surface area contributed by atoms with Crippen molar-refractivity contribution in [2.45, 2.75) is 39.3 Å². The number of nitrogens with zero attached hydrogens (tertiary/aromatic N) is 2. The standard InChI is InChI=1S/C18H26N2O4Si/c1-5-24-15-8-6-7-14(11-15)17-12-16(18(21)22)19-20(17)13-23-9-10-25(2,3)4/h6-8,11-12H,5,9-10,13H2,1-4H3,(H,21,22). The highest BCUT2D eigenvalue weighted by Gasteiger charge is 2.16. The number of benzene rings is 1. The highest BCUT2D eigenvalue weighted by Crippen LogP contribution is 2.25. The summed E-state index contributed by atoms with van der Waals surface area (Å²) >= 11 is 0. The summed E-state index contributed by atoms with van der Waals surface area (Å²) in [4.78, 5) is 11.3.